The summed E-state index contributed by atoms with van der Waals surface area (Å²) < 4.78 is 0. The highest BCUT2D eigenvalue weighted by molar-refractivity contribution is 7.09. The maximum absolute atomic E-state index is 4.70. The van der Waals surface area contributed by atoms with E-state index in [1.54, 1.807) is 0 Å². The van der Waals surface area contributed by atoms with E-state index in [-0.39, 0.29) is 0 Å². The number of piperazine rings is 1. The standard InChI is InChI=1S/C13H23N3S/c1-4-5-12-9-17-13(15-12)8-16-6-10(2)14-11(3)7-16/h9-11,14H,4-8H2,1-3H3. The van der Waals surface area contributed by atoms with Gasteiger partial charge < -0.3 is 5.32 Å². The third-order valence-electron chi connectivity index (χ3n) is 3.10. The number of nitrogens with zero attached hydrogens (tertiary/aromatic N) is 2. The van der Waals surface area contributed by atoms with Crippen LogP contribution >= 0.6 is 11.3 Å². The lowest BCUT2D eigenvalue weighted by molar-refractivity contribution is 0.166. The van der Waals surface area contributed by atoms with Crippen LogP contribution in [0.2, 0.25) is 0 Å². The molecule has 1 fully saturated rings. The fraction of sp³-hybridized carbons (Fsp3) is 0.769. The third-order valence-corrected chi connectivity index (χ3v) is 3.98. The van der Waals surface area contributed by atoms with Crippen molar-refractivity contribution in [2.45, 2.75) is 52.2 Å². The van der Waals surface area contributed by atoms with Crippen molar-refractivity contribution >= 4 is 11.3 Å². The highest BCUT2D eigenvalue weighted by Crippen LogP contribution is 2.15. The van der Waals surface area contributed by atoms with Gasteiger partial charge in [0.2, 0.25) is 0 Å². The highest BCUT2D eigenvalue weighted by Gasteiger charge is 2.21. The fourth-order valence-corrected chi connectivity index (χ4v) is 3.42. The van der Waals surface area contributed by atoms with Gasteiger partial charge in [-0.2, -0.15) is 0 Å². The van der Waals surface area contributed by atoms with Gasteiger partial charge in [-0.15, -0.1) is 11.3 Å². The molecule has 2 rings (SSSR count). The molecule has 0 aromatic carbocycles. The van der Waals surface area contributed by atoms with Crippen molar-refractivity contribution in [3.8, 4) is 0 Å². The van der Waals surface area contributed by atoms with Gasteiger partial charge in [0.05, 0.1) is 12.2 Å². The van der Waals surface area contributed by atoms with E-state index >= 15 is 0 Å². The first kappa shape index (κ1) is 13.0. The zero-order valence-electron chi connectivity index (χ0n) is 11.1. The molecule has 1 saturated heterocycles. The molecule has 0 spiro atoms. The number of hydrogen-bond donors (Lipinski definition) is 1. The molecule has 0 radical (unpaired) electrons. The quantitative estimate of drug-likeness (QED) is 0.892. The van der Waals surface area contributed by atoms with Gasteiger partial charge in [0.25, 0.3) is 0 Å². The van der Waals surface area contributed by atoms with Crippen LogP contribution in [0.5, 0.6) is 0 Å². The minimum absolute atomic E-state index is 0.592. The second-order valence-corrected chi connectivity index (χ2v) is 6.09. The first-order valence-corrected chi connectivity index (χ1v) is 7.47. The zero-order chi connectivity index (χ0) is 12.3. The molecular formula is C13H23N3S. The van der Waals surface area contributed by atoms with Crippen LogP contribution < -0.4 is 5.32 Å². The summed E-state index contributed by atoms with van der Waals surface area (Å²) in [5.41, 5.74) is 1.27. The van der Waals surface area contributed by atoms with Gasteiger partial charge in [-0.25, -0.2) is 4.98 Å². The monoisotopic (exact) mass is 253 g/mol. The molecule has 0 aliphatic carbocycles. The van der Waals surface area contributed by atoms with Crippen LogP contribution in [0.15, 0.2) is 5.38 Å². The molecule has 1 aromatic heterocycles. The van der Waals surface area contributed by atoms with E-state index in [0.29, 0.717) is 12.1 Å². The molecule has 2 heterocycles. The summed E-state index contributed by atoms with van der Waals surface area (Å²) >= 11 is 1.81. The third kappa shape index (κ3) is 3.76. The molecule has 0 bridgehead atoms. The molecule has 2 unspecified atom stereocenters. The first-order chi connectivity index (χ1) is 8.17. The Kier molecular flexibility index (Phi) is 4.54. The van der Waals surface area contributed by atoms with Gasteiger partial charge in [-0.05, 0) is 20.3 Å². The summed E-state index contributed by atoms with van der Waals surface area (Å²) in [5.74, 6) is 0. The van der Waals surface area contributed by atoms with Crippen LogP contribution in [0.1, 0.15) is 37.9 Å². The van der Waals surface area contributed by atoms with Crippen molar-refractivity contribution < 1.29 is 0 Å². The van der Waals surface area contributed by atoms with Crippen molar-refractivity contribution in [2.24, 2.45) is 0 Å². The van der Waals surface area contributed by atoms with Crippen molar-refractivity contribution in [1.82, 2.24) is 15.2 Å². The second kappa shape index (κ2) is 5.94. The summed E-state index contributed by atoms with van der Waals surface area (Å²) in [6.45, 7) is 10.0. The van der Waals surface area contributed by atoms with Crippen LogP contribution in [-0.2, 0) is 13.0 Å². The number of rotatable bonds is 4. The van der Waals surface area contributed by atoms with Crippen molar-refractivity contribution in [2.75, 3.05) is 13.1 Å². The SMILES string of the molecule is CCCc1csc(CN2CC(C)NC(C)C2)n1. The summed E-state index contributed by atoms with van der Waals surface area (Å²) in [7, 11) is 0. The van der Waals surface area contributed by atoms with Crippen LogP contribution in [-0.4, -0.2) is 35.1 Å². The molecule has 17 heavy (non-hydrogen) atoms. The number of thiazole rings is 1. The Morgan fingerprint density at radius 2 is 2.12 bits per heavy atom. The molecule has 2 atom stereocenters. The Morgan fingerprint density at radius 1 is 1.41 bits per heavy atom. The summed E-state index contributed by atoms with van der Waals surface area (Å²) in [6.07, 6.45) is 2.30. The van der Waals surface area contributed by atoms with Gasteiger partial charge in [-0.3, -0.25) is 4.90 Å². The number of nitrogens with one attached hydrogen (secondary N) is 1. The molecule has 1 aromatic rings. The maximum atomic E-state index is 4.70. The highest BCUT2D eigenvalue weighted by atomic mass is 32.1. The molecule has 3 nitrogen and oxygen atoms in total. The van der Waals surface area contributed by atoms with Crippen molar-refractivity contribution in [1.29, 1.82) is 0 Å². The Bertz CT molecular complexity index is 340. The molecule has 96 valence electrons. The lowest BCUT2D eigenvalue weighted by atomic mass is 10.1. The Morgan fingerprint density at radius 3 is 2.76 bits per heavy atom. The molecule has 1 aliphatic heterocycles. The van der Waals surface area contributed by atoms with E-state index in [9.17, 15) is 0 Å². The van der Waals surface area contributed by atoms with E-state index in [2.05, 4.69) is 36.4 Å². The van der Waals surface area contributed by atoms with Gasteiger partial charge in [-0.1, -0.05) is 13.3 Å². The fourth-order valence-electron chi connectivity index (χ4n) is 2.55. The first-order valence-electron chi connectivity index (χ1n) is 6.59. The molecule has 0 amide bonds. The molecule has 1 aliphatic rings. The summed E-state index contributed by atoms with van der Waals surface area (Å²) in [5, 5.41) is 7.05. The van der Waals surface area contributed by atoms with Crippen molar-refractivity contribution in [3.05, 3.63) is 16.1 Å². The number of aryl methyl sites for hydroxylation is 1. The Hall–Kier alpha value is -0.450. The lowest BCUT2D eigenvalue weighted by Gasteiger charge is -2.35. The molecule has 1 N–H and O–H groups in total. The Labute approximate surface area is 108 Å². The smallest absolute Gasteiger partial charge is 0.107 e. The summed E-state index contributed by atoms with van der Waals surface area (Å²) in [4.78, 5) is 7.21. The van der Waals surface area contributed by atoms with Crippen molar-refractivity contribution in [3.63, 3.8) is 0 Å². The van der Waals surface area contributed by atoms with E-state index < -0.39 is 0 Å². The average molecular weight is 253 g/mol. The van der Waals surface area contributed by atoms with E-state index in [0.717, 1.165) is 26.1 Å². The van der Waals surface area contributed by atoms with Crippen LogP contribution in [0, 0.1) is 0 Å². The van der Waals surface area contributed by atoms with Gasteiger partial charge >= 0.3 is 0 Å². The second-order valence-electron chi connectivity index (χ2n) is 5.15. The van der Waals surface area contributed by atoms with E-state index in [1.807, 2.05) is 11.3 Å². The lowest BCUT2D eigenvalue weighted by Crippen LogP contribution is -2.53. The van der Waals surface area contributed by atoms with Crippen LogP contribution in [0.4, 0.5) is 0 Å². The predicted octanol–water partition coefficient (Wildman–Crippen LogP) is 2.28. The average Bonchev–Trinajstić information content (AvgIpc) is 2.64. The van der Waals surface area contributed by atoms with Crippen LogP contribution in [0.3, 0.4) is 0 Å². The Balaban J connectivity index is 1.90. The minimum Gasteiger partial charge on any atom is -0.309 e. The minimum atomic E-state index is 0.592. The van der Waals surface area contributed by atoms with Gasteiger partial charge in [0.15, 0.2) is 0 Å². The molecule has 4 heteroatoms. The van der Waals surface area contributed by atoms with Gasteiger partial charge in [0.1, 0.15) is 5.01 Å². The normalized spacial score (nSPS) is 26.3. The maximum Gasteiger partial charge on any atom is 0.107 e. The molecule has 0 saturated carbocycles. The number of hydrogen-bond acceptors (Lipinski definition) is 4. The molecular weight excluding hydrogens is 230 g/mol. The zero-order valence-corrected chi connectivity index (χ0v) is 11.9. The number of aromatic nitrogens is 1. The van der Waals surface area contributed by atoms with E-state index in [1.165, 1.54) is 17.1 Å². The van der Waals surface area contributed by atoms with E-state index in [4.69, 9.17) is 4.98 Å². The summed E-state index contributed by atoms with van der Waals surface area (Å²) in [6, 6.07) is 1.18. The largest absolute Gasteiger partial charge is 0.309 e. The van der Waals surface area contributed by atoms with Gasteiger partial charge in [0, 0.05) is 30.6 Å². The van der Waals surface area contributed by atoms with Crippen LogP contribution in [0.25, 0.3) is 0 Å². The predicted molar refractivity (Wildman–Crippen MR) is 73.4 cm³/mol. The topological polar surface area (TPSA) is 28.2 Å².